The largest absolute Gasteiger partial charge is 0.486 e. The molecule has 0 spiro atoms. The number of halogens is 1. The molecule has 11 heteroatoms. The van der Waals surface area contributed by atoms with Crippen LogP contribution in [0.5, 0.6) is 5.75 Å². The number of aromatic nitrogens is 3. The molecule has 1 aliphatic rings. The van der Waals surface area contributed by atoms with Crippen LogP contribution in [0.1, 0.15) is 26.5 Å². The number of ether oxygens (including phenoxy) is 1. The molecule has 2 N–H and O–H groups in total. The molecule has 3 aromatic carbocycles. The van der Waals surface area contributed by atoms with Crippen molar-refractivity contribution in [3.63, 3.8) is 0 Å². The minimum atomic E-state index is -0.482. The highest BCUT2D eigenvalue weighted by molar-refractivity contribution is 7.99. The third kappa shape index (κ3) is 5.09. The summed E-state index contributed by atoms with van der Waals surface area (Å²) in [6, 6.07) is 21.1. The lowest BCUT2D eigenvalue weighted by Crippen LogP contribution is -2.19. The maximum atomic E-state index is 12.6. The van der Waals surface area contributed by atoms with Crippen LogP contribution in [0, 0.1) is 0 Å². The molecule has 0 fully saturated rings. The summed E-state index contributed by atoms with van der Waals surface area (Å²) in [6.45, 7) is 0.159. The summed E-state index contributed by atoms with van der Waals surface area (Å²) in [6.07, 6.45) is 0. The van der Waals surface area contributed by atoms with Gasteiger partial charge in [0.25, 0.3) is 11.8 Å². The van der Waals surface area contributed by atoms with Gasteiger partial charge in [-0.15, -0.1) is 10.2 Å². The van der Waals surface area contributed by atoms with E-state index in [1.165, 1.54) is 23.9 Å². The van der Waals surface area contributed by atoms with E-state index in [4.69, 9.17) is 16.3 Å². The van der Waals surface area contributed by atoms with Crippen LogP contribution in [0.25, 0.3) is 5.69 Å². The normalized spacial score (nSPS) is 12.2. The number of nitrogens with zero attached hydrogens (tertiary/aromatic N) is 3. The third-order valence-corrected chi connectivity index (χ3v) is 6.43. The fraction of sp³-hybridized carbons (Fsp3) is 0.0800. The van der Waals surface area contributed by atoms with Gasteiger partial charge in [-0.05, 0) is 54.6 Å². The van der Waals surface area contributed by atoms with Gasteiger partial charge in [0.05, 0.1) is 16.9 Å². The molecule has 0 bridgehead atoms. The maximum absolute atomic E-state index is 12.6. The molecule has 1 aliphatic heterocycles. The summed E-state index contributed by atoms with van der Waals surface area (Å²) < 4.78 is 7.69. The summed E-state index contributed by atoms with van der Waals surface area (Å²) in [5.41, 5.74) is 1.77. The lowest BCUT2D eigenvalue weighted by atomic mass is 10.1. The number of hydrogen-bond donors (Lipinski definition) is 2. The van der Waals surface area contributed by atoms with Crippen LogP contribution >= 0.6 is 23.4 Å². The fourth-order valence-corrected chi connectivity index (χ4v) is 4.47. The molecule has 9 nitrogen and oxygen atoms in total. The molecule has 0 atom stereocenters. The van der Waals surface area contributed by atoms with Crippen molar-refractivity contribution in [3.05, 3.63) is 94.8 Å². The molecule has 36 heavy (non-hydrogen) atoms. The van der Waals surface area contributed by atoms with Gasteiger partial charge in [-0.25, -0.2) is 0 Å². The number of para-hydroxylation sites is 1. The number of anilines is 1. The van der Waals surface area contributed by atoms with E-state index in [9.17, 15) is 14.4 Å². The Hall–Kier alpha value is -4.15. The topological polar surface area (TPSA) is 115 Å². The Labute approximate surface area is 214 Å². The summed E-state index contributed by atoms with van der Waals surface area (Å²) in [7, 11) is 0. The van der Waals surface area contributed by atoms with Gasteiger partial charge >= 0.3 is 0 Å². The molecule has 0 saturated carbocycles. The maximum Gasteiger partial charge on any atom is 0.259 e. The van der Waals surface area contributed by atoms with E-state index in [1.807, 2.05) is 34.9 Å². The molecule has 0 aliphatic carbocycles. The third-order valence-electron chi connectivity index (χ3n) is 5.25. The highest BCUT2D eigenvalue weighted by atomic mass is 35.5. The monoisotopic (exact) mass is 519 g/mol. The van der Waals surface area contributed by atoms with Crippen molar-refractivity contribution in [2.75, 3.05) is 11.1 Å². The van der Waals surface area contributed by atoms with Crippen LogP contribution in [0.2, 0.25) is 5.02 Å². The zero-order valence-corrected chi connectivity index (χ0v) is 20.2. The first-order valence-corrected chi connectivity index (χ1v) is 12.1. The second-order valence-corrected chi connectivity index (χ2v) is 9.07. The number of nitrogens with one attached hydrogen (secondary N) is 2. The van der Waals surface area contributed by atoms with Crippen molar-refractivity contribution in [2.24, 2.45) is 0 Å². The van der Waals surface area contributed by atoms with Gasteiger partial charge in [0, 0.05) is 16.4 Å². The molecule has 0 saturated heterocycles. The van der Waals surface area contributed by atoms with Crippen molar-refractivity contribution in [3.8, 4) is 11.4 Å². The van der Waals surface area contributed by atoms with Crippen LogP contribution < -0.4 is 15.4 Å². The molecule has 0 radical (unpaired) electrons. The van der Waals surface area contributed by atoms with E-state index in [-0.39, 0.29) is 29.4 Å². The minimum absolute atomic E-state index is 0.0468. The summed E-state index contributed by atoms with van der Waals surface area (Å²) in [5.74, 6) is 0.0230. The van der Waals surface area contributed by atoms with E-state index in [1.54, 1.807) is 30.3 Å². The SMILES string of the molecule is O=C(CSc1nnc(COc2ccc(Cl)cc2)n1-c1ccccc1)Nc1ccc2c(c1)C(=O)NC2=O. The molecule has 4 aromatic rings. The standard InChI is InChI=1S/C25H18ClN5O4S/c26-15-6-9-18(10-7-15)35-13-21-29-30-25(31(21)17-4-2-1-3-5-17)36-14-22(32)27-16-8-11-19-20(12-16)24(34)28-23(19)33/h1-12H,13-14H2,(H,27,32)(H,28,33,34). The van der Waals surface area contributed by atoms with E-state index in [0.29, 0.717) is 27.4 Å². The first-order valence-electron chi connectivity index (χ1n) is 10.8. The first kappa shape index (κ1) is 23.6. The number of fused-ring (bicyclic) bond motifs is 1. The highest BCUT2D eigenvalue weighted by Crippen LogP contribution is 2.25. The average Bonchev–Trinajstić information content (AvgIpc) is 3.42. The van der Waals surface area contributed by atoms with Gasteiger partial charge in [-0.2, -0.15) is 0 Å². The molecule has 5 rings (SSSR count). The number of imide groups is 1. The van der Waals surface area contributed by atoms with E-state index in [2.05, 4.69) is 20.8 Å². The Morgan fingerprint density at radius 2 is 1.72 bits per heavy atom. The first-order chi connectivity index (χ1) is 17.5. The Kier molecular flexibility index (Phi) is 6.70. The molecule has 3 amide bonds. The van der Waals surface area contributed by atoms with Gasteiger partial charge < -0.3 is 10.1 Å². The van der Waals surface area contributed by atoms with Crippen molar-refractivity contribution in [1.29, 1.82) is 0 Å². The van der Waals surface area contributed by atoms with Crippen LogP contribution in [0.4, 0.5) is 5.69 Å². The lowest BCUT2D eigenvalue weighted by molar-refractivity contribution is -0.113. The van der Waals surface area contributed by atoms with Crippen molar-refractivity contribution >= 4 is 46.8 Å². The van der Waals surface area contributed by atoms with Crippen LogP contribution in [0.15, 0.2) is 78.0 Å². The molecular weight excluding hydrogens is 502 g/mol. The molecular formula is C25H18ClN5O4S. The number of rotatable bonds is 8. The van der Waals surface area contributed by atoms with Gasteiger partial charge in [0.15, 0.2) is 11.0 Å². The smallest absolute Gasteiger partial charge is 0.259 e. The average molecular weight is 520 g/mol. The Morgan fingerprint density at radius 1 is 0.972 bits per heavy atom. The van der Waals surface area contributed by atoms with Gasteiger partial charge in [0.1, 0.15) is 12.4 Å². The summed E-state index contributed by atoms with van der Waals surface area (Å²) in [4.78, 5) is 36.2. The van der Waals surface area contributed by atoms with Crippen molar-refractivity contribution in [1.82, 2.24) is 20.1 Å². The number of carbonyl (C=O) groups is 3. The zero-order chi connectivity index (χ0) is 25.1. The summed E-state index contributed by atoms with van der Waals surface area (Å²) in [5, 5.41) is 14.7. The number of amides is 3. The van der Waals surface area contributed by atoms with Gasteiger partial charge in [-0.3, -0.25) is 24.3 Å². The fourth-order valence-electron chi connectivity index (χ4n) is 3.58. The zero-order valence-electron chi connectivity index (χ0n) is 18.6. The lowest BCUT2D eigenvalue weighted by Gasteiger charge is -2.11. The second kappa shape index (κ2) is 10.2. The molecule has 0 unspecified atom stereocenters. The summed E-state index contributed by atoms with van der Waals surface area (Å²) >= 11 is 7.15. The molecule has 1 aromatic heterocycles. The Balaban J connectivity index is 1.29. The quantitative estimate of drug-likeness (QED) is 0.266. The number of hydrogen-bond acceptors (Lipinski definition) is 7. The van der Waals surface area contributed by atoms with Gasteiger partial charge in [-0.1, -0.05) is 41.6 Å². The van der Waals surface area contributed by atoms with Gasteiger partial charge in [0.2, 0.25) is 5.91 Å². The van der Waals surface area contributed by atoms with E-state index >= 15 is 0 Å². The highest BCUT2D eigenvalue weighted by Gasteiger charge is 2.27. The van der Waals surface area contributed by atoms with Crippen LogP contribution in [0.3, 0.4) is 0 Å². The molecule has 2 heterocycles. The molecule has 180 valence electrons. The predicted octanol–water partition coefficient (Wildman–Crippen LogP) is 4.11. The predicted molar refractivity (Wildman–Crippen MR) is 135 cm³/mol. The Bertz CT molecular complexity index is 1460. The number of carbonyl (C=O) groups excluding carboxylic acids is 3. The van der Waals surface area contributed by atoms with Crippen LogP contribution in [-0.4, -0.2) is 38.2 Å². The van der Waals surface area contributed by atoms with Crippen molar-refractivity contribution < 1.29 is 19.1 Å². The number of thioether (sulfide) groups is 1. The van der Waals surface area contributed by atoms with Crippen molar-refractivity contribution in [2.45, 2.75) is 11.8 Å². The Morgan fingerprint density at radius 3 is 2.50 bits per heavy atom. The number of benzene rings is 3. The second-order valence-electron chi connectivity index (χ2n) is 7.69. The minimum Gasteiger partial charge on any atom is -0.486 e. The van der Waals surface area contributed by atoms with E-state index in [0.717, 1.165) is 5.69 Å². The van der Waals surface area contributed by atoms with E-state index < -0.39 is 11.8 Å². The van der Waals surface area contributed by atoms with Crippen LogP contribution in [-0.2, 0) is 11.4 Å².